The summed E-state index contributed by atoms with van der Waals surface area (Å²) in [5, 5.41) is 11.2. The molecule has 26 heavy (non-hydrogen) atoms. The number of amides is 1. The lowest BCUT2D eigenvalue weighted by Gasteiger charge is -2.32. The number of piperazine rings is 1. The van der Waals surface area contributed by atoms with E-state index >= 15 is 0 Å². The molecule has 0 unspecified atom stereocenters. The van der Waals surface area contributed by atoms with Gasteiger partial charge in [-0.3, -0.25) is 4.79 Å². The van der Waals surface area contributed by atoms with Gasteiger partial charge in [0.1, 0.15) is 5.75 Å². The normalized spacial score (nSPS) is 14.9. The van der Waals surface area contributed by atoms with Crippen molar-refractivity contribution in [2.24, 2.45) is 0 Å². The summed E-state index contributed by atoms with van der Waals surface area (Å²) in [5.74, 6) is 1.44. The number of nitrogens with one attached hydrogen (secondary N) is 1. The number of likely N-dealkylation sites (N-methyl/N-ethyl adjacent to an activating group) is 1. The van der Waals surface area contributed by atoms with Crippen LogP contribution in [0.15, 0.2) is 36.4 Å². The second-order valence-electron chi connectivity index (χ2n) is 6.38. The smallest absolute Gasteiger partial charge is 0.271 e. The molecule has 1 fully saturated rings. The fraction of sp³-hybridized carbons (Fsp3) is 0.421. The summed E-state index contributed by atoms with van der Waals surface area (Å²) in [7, 11) is 3.76. The Hall–Kier alpha value is -2.67. The second-order valence-corrected chi connectivity index (χ2v) is 6.38. The summed E-state index contributed by atoms with van der Waals surface area (Å²) in [6, 6.07) is 11.4. The Bertz CT molecular complexity index is 727. The predicted molar refractivity (Wildman–Crippen MR) is 101 cm³/mol. The number of methoxy groups -OCH3 is 1. The highest BCUT2D eigenvalue weighted by molar-refractivity contribution is 5.92. The molecule has 1 aromatic heterocycles. The Morgan fingerprint density at radius 3 is 2.58 bits per heavy atom. The summed E-state index contributed by atoms with van der Waals surface area (Å²) in [6.45, 7) is 4.38. The van der Waals surface area contributed by atoms with Crippen molar-refractivity contribution in [1.82, 2.24) is 20.4 Å². The van der Waals surface area contributed by atoms with Crippen molar-refractivity contribution in [2.75, 3.05) is 51.8 Å². The van der Waals surface area contributed by atoms with Crippen LogP contribution in [0.4, 0.5) is 5.82 Å². The number of nitrogens with zero attached hydrogens (tertiary/aromatic N) is 4. The number of carbonyl (C=O) groups is 1. The standard InChI is InChI=1S/C19H25N5O2/c1-23-11-13-24(14-12-23)18-8-7-16(21-22-18)19(25)20-10-9-15-5-3-4-6-17(15)26-2/h3-8H,9-14H2,1-2H3,(H,20,25). The number of para-hydroxylation sites is 1. The van der Waals surface area contributed by atoms with Crippen LogP contribution >= 0.6 is 0 Å². The Kier molecular flexibility index (Phi) is 6.01. The van der Waals surface area contributed by atoms with Gasteiger partial charge in [-0.15, -0.1) is 10.2 Å². The van der Waals surface area contributed by atoms with E-state index in [0.29, 0.717) is 18.7 Å². The fourth-order valence-electron chi connectivity index (χ4n) is 2.96. The first-order valence-electron chi connectivity index (χ1n) is 8.84. The van der Waals surface area contributed by atoms with Crippen LogP contribution in [0.3, 0.4) is 0 Å². The Morgan fingerprint density at radius 2 is 1.88 bits per heavy atom. The van der Waals surface area contributed by atoms with Gasteiger partial charge in [0.05, 0.1) is 7.11 Å². The molecule has 7 heteroatoms. The lowest BCUT2D eigenvalue weighted by Crippen LogP contribution is -2.44. The molecule has 2 heterocycles. The summed E-state index contributed by atoms with van der Waals surface area (Å²) in [4.78, 5) is 16.7. The van der Waals surface area contributed by atoms with Gasteiger partial charge in [-0.2, -0.15) is 0 Å². The van der Waals surface area contributed by atoms with Crippen molar-refractivity contribution < 1.29 is 9.53 Å². The summed E-state index contributed by atoms with van der Waals surface area (Å²) in [6.07, 6.45) is 0.697. The molecule has 1 N–H and O–H groups in total. The SMILES string of the molecule is COc1ccccc1CCNC(=O)c1ccc(N2CCN(C)CC2)nn1. The molecule has 0 bridgehead atoms. The Morgan fingerprint density at radius 1 is 1.12 bits per heavy atom. The minimum atomic E-state index is -0.211. The first kappa shape index (κ1) is 18.1. The summed E-state index contributed by atoms with van der Waals surface area (Å²) < 4.78 is 5.32. The van der Waals surface area contributed by atoms with Crippen molar-refractivity contribution in [3.8, 4) is 5.75 Å². The third kappa shape index (κ3) is 4.49. The molecule has 138 valence electrons. The molecule has 0 spiro atoms. The molecule has 1 aromatic carbocycles. The maximum Gasteiger partial charge on any atom is 0.271 e. The van der Waals surface area contributed by atoms with E-state index in [2.05, 4.69) is 32.4 Å². The van der Waals surface area contributed by atoms with Crippen molar-refractivity contribution >= 4 is 11.7 Å². The highest BCUT2D eigenvalue weighted by atomic mass is 16.5. The van der Waals surface area contributed by atoms with E-state index in [4.69, 9.17) is 4.74 Å². The maximum absolute atomic E-state index is 12.3. The van der Waals surface area contributed by atoms with Gasteiger partial charge in [0.15, 0.2) is 11.5 Å². The number of anilines is 1. The number of ether oxygens (including phenoxy) is 1. The molecule has 7 nitrogen and oxygen atoms in total. The Balaban J connectivity index is 1.52. The molecule has 0 atom stereocenters. The van der Waals surface area contributed by atoms with Crippen molar-refractivity contribution in [2.45, 2.75) is 6.42 Å². The van der Waals surface area contributed by atoms with Gasteiger partial charge in [-0.25, -0.2) is 0 Å². The zero-order chi connectivity index (χ0) is 18.4. The minimum absolute atomic E-state index is 0.211. The van der Waals surface area contributed by atoms with E-state index in [1.54, 1.807) is 13.2 Å². The number of carbonyl (C=O) groups excluding carboxylic acids is 1. The van der Waals surface area contributed by atoms with Gasteiger partial charge in [0, 0.05) is 32.7 Å². The van der Waals surface area contributed by atoms with Crippen molar-refractivity contribution in [1.29, 1.82) is 0 Å². The third-order valence-electron chi connectivity index (χ3n) is 4.58. The average molecular weight is 355 g/mol. The maximum atomic E-state index is 12.3. The minimum Gasteiger partial charge on any atom is -0.496 e. The lowest BCUT2D eigenvalue weighted by atomic mass is 10.1. The number of hydrogen-bond donors (Lipinski definition) is 1. The van der Waals surface area contributed by atoms with Crippen molar-refractivity contribution in [3.05, 3.63) is 47.7 Å². The zero-order valence-electron chi connectivity index (χ0n) is 15.3. The zero-order valence-corrected chi connectivity index (χ0v) is 15.3. The van der Waals surface area contributed by atoms with Crippen LogP contribution in [0.1, 0.15) is 16.1 Å². The molecule has 0 aliphatic carbocycles. The van der Waals surface area contributed by atoms with E-state index in [1.165, 1.54) is 0 Å². The van der Waals surface area contributed by atoms with E-state index in [0.717, 1.165) is 43.3 Å². The van der Waals surface area contributed by atoms with Crippen LogP contribution in [0.2, 0.25) is 0 Å². The molecule has 0 radical (unpaired) electrons. The molecular formula is C19H25N5O2. The van der Waals surface area contributed by atoms with Crippen LogP contribution in [0, 0.1) is 0 Å². The topological polar surface area (TPSA) is 70.6 Å². The number of hydrogen-bond acceptors (Lipinski definition) is 6. The van der Waals surface area contributed by atoms with Gasteiger partial charge in [-0.05, 0) is 37.2 Å². The molecule has 3 rings (SSSR count). The average Bonchev–Trinajstić information content (AvgIpc) is 2.69. The fourth-order valence-corrected chi connectivity index (χ4v) is 2.96. The molecule has 1 aliphatic heterocycles. The van der Waals surface area contributed by atoms with Gasteiger partial charge in [0.2, 0.25) is 0 Å². The number of aromatic nitrogens is 2. The van der Waals surface area contributed by atoms with Gasteiger partial charge < -0.3 is 19.9 Å². The van der Waals surface area contributed by atoms with Crippen LogP contribution in [-0.2, 0) is 6.42 Å². The largest absolute Gasteiger partial charge is 0.496 e. The highest BCUT2D eigenvalue weighted by Gasteiger charge is 2.16. The highest BCUT2D eigenvalue weighted by Crippen LogP contribution is 2.17. The lowest BCUT2D eigenvalue weighted by molar-refractivity contribution is 0.0948. The first-order chi connectivity index (χ1) is 12.7. The second kappa shape index (κ2) is 8.62. The van der Waals surface area contributed by atoms with Gasteiger partial charge in [0.25, 0.3) is 5.91 Å². The number of rotatable bonds is 6. The molecule has 1 amide bonds. The predicted octanol–water partition coefficient (Wildman–Crippen LogP) is 1.21. The number of benzene rings is 1. The monoisotopic (exact) mass is 355 g/mol. The molecule has 0 saturated carbocycles. The van der Waals surface area contributed by atoms with Crippen LogP contribution in [0.5, 0.6) is 5.75 Å². The summed E-state index contributed by atoms with van der Waals surface area (Å²) >= 11 is 0. The van der Waals surface area contributed by atoms with Crippen LogP contribution in [-0.4, -0.2) is 67.9 Å². The molecule has 1 saturated heterocycles. The van der Waals surface area contributed by atoms with Crippen molar-refractivity contribution in [3.63, 3.8) is 0 Å². The van der Waals surface area contributed by atoms with E-state index in [1.807, 2.05) is 30.3 Å². The Labute approximate surface area is 154 Å². The molecule has 1 aliphatic rings. The van der Waals surface area contributed by atoms with Crippen LogP contribution < -0.4 is 15.0 Å². The molecule has 2 aromatic rings. The van der Waals surface area contributed by atoms with Crippen LogP contribution in [0.25, 0.3) is 0 Å². The third-order valence-corrected chi connectivity index (χ3v) is 4.58. The van der Waals surface area contributed by atoms with Gasteiger partial charge in [-0.1, -0.05) is 18.2 Å². The van der Waals surface area contributed by atoms with E-state index in [9.17, 15) is 4.79 Å². The summed E-state index contributed by atoms with van der Waals surface area (Å²) in [5.41, 5.74) is 1.40. The van der Waals surface area contributed by atoms with E-state index in [-0.39, 0.29) is 5.91 Å². The quantitative estimate of drug-likeness (QED) is 0.840. The van der Waals surface area contributed by atoms with E-state index < -0.39 is 0 Å². The molecular weight excluding hydrogens is 330 g/mol. The first-order valence-corrected chi connectivity index (χ1v) is 8.84. The van der Waals surface area contributed by atoms with Gasteiger partial charge >= 0.3 is 0 Å².